The molecule has 0 aliphatic rings. The summed E-state index contributed by atoms with van der Waals surface area (Å²) in [6.07, 6.45) is 2.94. The Morgan fingerprint density at radius 2 is 2.00 bits per heavy atom. The summed E-state index contributed by atoms with van der Waals surface area (Å²) in [5.41, 5.74) is 12.4. The summed E-state index contributed by atoms with van der Waals surface area (Å²) in [6, 6.07) is 6.21. The van der Waals surface area contributed by atoms with Gasteiger partial charge in [-0.05, 0) is 37.0 Å². The summed E-state index contributed by atoms with van der Waals surface area (Å²) in [7, 11) is 1.94. The minimum Gasteiger partial charge on any atom is -0.320 e. The lowest BCUT2D eigenvalue weighted by atomic mass is 9.93. The zero-order valence-corrected chi connectivity index (χ0v) is 11.6. The molecule has 2 aromatic rings. The van der Waals surface area contributed by atoms with Crippen LogP contribution in [0.4, 0.5) is 0 Å². The number of rotatable bonds is 3. The molecule has 3 heteroatoms. The van der Waals surface area contributed by atoms with Crippen molar-refractivity contribution in [2.24, 2.45) is 12.8 Å². The average molecular weight is 243 g/mol. The summed E-state index contributed by atoms with van der Waals surface area (Å²) in [5.74, 6) is 0. The number of aryl methyl sites for hydroxylation is 3. The molecule has 1 aromatic heterocycles. The second kappa shape index (κ2) is 4.94. The molecule has 1 atom stereocenters. The molecule has 0 saturated heterocycles. The molecule has 0 aliphatic carbocycles. The van der Waals surface area contributed by atoms with Gasteiger partial charge in [0.05, 0.1) is 11.7 Å². The molecule has 0 radical (unpaired) electrons. The van der Waals surface area contributed by atoms with Gasteiger partial charge in [0.25, 0.3) is 0 Å². The van der Waals surface area contributed by atoms with Gasteiger partial charge < -0.3 is 5.73 Å². The topological polar surface area (TPSA) is 43.8 Å². The standard InChI is InChI=1S/C15H21N3/c1-5-14-13(9-18(4)17-14)15(16)12-8-6-7-10(2)11(12)3/h6-9,15H,5,16H2,1-4H3. The fourth-order valence-electron chi connectivity index (χ4n) is 2.37. The van der Waals surface area contributed by atoms with Crippen molar-refractivity contribution in [1.82, 2.24) is 9.78 Å². The van der Waals surface area contributed by atoms with E-state index in [2.05, 4.69) is 44.1 Å². The Hall–Kier alpha value is -1.61. The maximum atomic E-state index is 6.42. The smallest absolute Gasteiger partial charge is 0.0672 e. The summed E-state index contributed by atoms with van der Waals surface area (Å²) >= 11 is 0. The SMILES string of the molecule is CCc1nn(C)cc1C(N)c1cccc(C)c1C. The molecule has 0 fully saturated rings. The van der Waals surface area contributed by atoms with Gasteiger partial charge in [0, 0.05) is 18.8 Å². The number of aromatic nitrogens is 2. The van der Waals surface area contributed by atoms with E-state index in [1.807, 2.05) is 17.9 Å². The lowest BCUT2D eigenvalue weighted by Crippen LogP contribution is -2.14. The molecule has 0 saturated carbocycles. The van der Waals surface area contributed by atoms with E-state index in [0.717, 1.165) is 17.7 Å². The summed E-state index contributed by atoms with van der Waals surface area (Å²) in [5, 5.41) is 4.46. The largest absolute Gasteiger partial charge is 0.320 e. The maximum absolute atomic E-state index is 6.42. The fourth-order valence-corrected chi connectivity index (χ4v) is 2.37. The van der Waals surface area contributed by atoms with Crippen LogP contribution in [0.25, 0.3) is 0 Å². The molecule has 0 amide bonds. The van der Waals surface area contributed by atoms with E-state index in [9.17, 15) is 0 Å². The van der Waals surface area contributed by atoms with Gasteiger partial charge in [-0.1, -0.05) is 25.1 Å². The van der Waals surface area contributed by atoms with Crippen molar-refractivity contribution in [2.75, 3.05) is 0 Å². The van der Waals surface area contributed by atoms with Crippen LogP contribution in [0.2, 0.25) is 0 Å². The van der Waals surface area contributed by atoms with Crippen molar-refractivity contribution in [3.63, 3.8) is 0 Å². The van der Waals surface area contributed by atoms with Crippen LogP contribution in [0.15, 0.2) is 24.4 Å². The first kappa shape index (κ1) is 12.8. The van der Waals surface area contributed by atoms with E-state index in [-0.39, 0.29) is 6.04 Å². The first-order valence-electron chi connectivity index (χ1n) is 6.38. The molecule has 96 valence electrons. The van der Waals surface area contributed by atoms with Crippen molar-refractivity contribution >= 4 is 0 Å². The van der Waals surface area contributed by atoms with Gasteiger partial charge in [-0.3, -0.25) is 4.68 Å². The maximum Gasteiger partial charge on any atom is 0.0672 e. The van der Waals surface area contributed by atoms with Gasteiger partial charge in [0.1, 0.15) is 0 Å². The highest BCUT2D eigenvalue weighted by Crippen LogP contribution is 2.26. The minimum absolute atomic E-state index is 0.0893. The third kappa shape index (κ3) is 2.18. The van der Waals surface area contributed by atoms with E-state index >= 15 is 0 Å². The Bertz CT molecular complexity index is 555. The Kier molecular flexibility index (Phi) is 3.53. The Labute approximate surface area is 109 Å². The number of nitrogens with two attached hydrogens (primary N) is 1. The van der Waals surface area contributed by atoms with Gasteiger partial charge in [0.2, 0.25) is 0 Å². The van der Waals surface area contributed by atoms with Crippen LogP contribution in [0.1, 0.15) is 40.9 Å². The molecule has 0 aliphatic heterocycles. The second-order valence-corrected chi connectivity index (χ2v) is 4.83. The number of nitrogens with zero attached hydrogens (tertiary/aromatic N) is 2. The van der Waals surface area contributed by atoms with Crippen molar-refractivity contribution in [1.29, 1.82) is 0 Å². The molecule has 0 bridgehead atoms. The molecular weight excluding hydrogens is 222 g/mol. The highest BCUT2D eigenvalue weighted by atomic mass is 15.3. The summed E-state index contributed by atoms with van der Waals surface area (Å²) in [4.78, 5) is 0. The molecule has 18 heavy (non-hydrogen) atoms. The zero-order chi connectivity index (χ0) is 13.3. The van der Waals surface area contributed by atoms with Crippen LogP contribution >= 0.6 is 0 Å². The van der Waals surface area contributed by atoms with Crippen molar-refractivity contribution in [2.45, 2.75) is 33.2 Å². The molecular formula is C15H21N3. The monoisotopic (exact) mass is 243 g/mol. The predicted molar refractivity (Wildman–Crippen MR) is 74.5 cm³/mol. The second-order valence-electron chi connectivity index (χ2n) is 4.83. The highest BCUT2D eigenvalue weighted by molar-refractivity contribution is 5.41. The molecule has 1 heterocycles. The van der Waals surface area contributed by atoms with Gasteiger partial charge in [-0.2, -0.15) is 5.10 Å². The van der Waals surface area contributed by atoms with Crippen molar-refractivity contribution < 1.29 is 0 Å². The van der Waals surface area contributed by atoms with E-state index in [4.69, 9.17) is 5.73 Å². The normalized spacial score (nSPS) is 12.7. The molecule has 1 aromatic carbocycles. The van der Waals surface area contributed by atoms with Crippen LogP contribution in [0, 0.1) is 13.8 Å². The quantitative estimate of drug-likeness (QED) is 0.900. The van der Waals surface area contributed by atoms with Gasteiger partial charge in [-0.25, -0.2) is 0 Å². The molecule has 3 nitrogen and oxygen atoms in total. The van der Waals surface area contributed by atoms with Crippen LogP contribution in [0.3, 0.4) is 0 Å². The Morgan fingerprint density at radius 3 is 2.67 bits per heavy atom. The van der Waals surface area contributed by atoms with Gasteiger partial charge in [0.15, 0.2) is 0 Å². The summed E-state index contributed by atoms with van der Waals surface area (Å²) < 4.78 is 1.85. The highest BCUT2D eigenvalue weighted by Gasteiger charge is 2.17. The third-order valence-corrected chi connectivity index (χ3v) is 3.59. The van der Waals surface area contributed by atoms with Crippen LogP contribution < -0.4 is 5.73 Å². The lowest BCUT2D eigenvalue weighted by molar-refractivity contribution is 0.746. The Balaban J connectivity index is 2.47. The number of hydrogen-bond acceptors (Lipinski definition) is 2. The first-order chi connectivity index (χ1) is 8.54. The molecule has 2 N–H and O–H groups in total. The first-order valence-corrected chi connectivity index (χ1v) is 6.38. The van der Waals surface area contributed by atoms with Crippen molar-refractivity contribution in [3.05, 3.63) is 52.3 Å². The van der Waals surface area contributed by atoms with Gasteiger partial charge >= 0.3 is 0 Å². The van der Waals surface area contributed by atoms with Crippen LogP contribution in [-0.2, 0) is 13.5 Å². The lowest BCUT2D eigenvalue weighted by Gasteiger charge is -2.16. The predicted octanol–water partition coefficient (Wildman–Crippen LogP) is 2.65. The van der Waals surface area contributed by atoms with Gasteiger partial charge in [-0.15, -0.1) is 0 Å². The van der Waals surface area contributed by atoms with E-state index in [1.54, 1.807) is 0 Å². The minimum atomic E-state index is -0.0893. The van der Waals surface area contributed by atoms with E-state index in [1.165, 1.54) is 16.7 Å². The number of hydrogen-bond donors (Lipinski definition) is 1. The zero-order valence-electron chi connectivity index (χ0n) is 11.6. The molecule has 1 unspecified atom stereocenters. The third-order valence-electron chi connectivity index (χ3n) is 3.59. The van der Waals surface area contributed by atoms with E-state index < -0.39 is 0 Å². The summed E-state index contributed by atoms with van der Waals surface area (Å²) in [6.45, 7) is 6.36. The number of benzene rings is 1. The Morgan fingerprint density at radius 1 is 1.28 bits per heavy atom. The van der Waals surface area contributed by atoms with Crippen LogP contribution in [-0.4, -0.2) is 9.78 Å². The van der Waals surface area contributed by atoms with Crippen molar-refractivity contribution in [3.8, 4) is 0 Å². The van der Waals surface area contributed by atoms with E-state index in [0.29, 0.717) is 0 Å². The molecule has 0 spiro atoms. The average Bonchev–Trinajstić information content (AvgIpc) is 2.73. The molecule has 2 rings (SSSR count). The fraction of sp³-hybridized carbons (Fsp3) is 0.400. The van der Waals surface area contributed by atoms with Crippen LogP contribution in [0.5, 0.6) is 0 Å².